The molecule has 40 heavy (non-hydrogen) atoms. The van der Waals surface area contributed by atoms with Crippen LogP contribution < -0.4 is 19.5 Å². The summed E-state index contributed by atoms with van der Waals surface area (Å²) in [7, 11) is -0.794. The maximum absolute atomic E-state index is 13.5. The Morgan fingerprint density at radius 2 is 1.65 bits per heavy atom. The van der Waals surface area contributed by atoms with Crippen LogP contribution in [0, 0.1) is 6.92 Å². The number of carbonyl (C=O) groups is 1. The zero-order chi connectivity index (χ0) is 28.3. The third-order valence-corrected chi connectivity index (χ3v) is 7.43. The Kier molecular flexibility index (Phi) is 7.30. The molecule has 0 unspecified atom stereocenters. The summed E-state index contributed by atoms with van der Waals surface area (Å²) in [5.74, 6) is 0.779. The smallest absolute Gasteiger partial charge is 0.264 e. The standard InChI is InChI=1S/C29H25N5O5S/c1-18-14-15-30-29(31-18)34-40(36,37)21-11-8-19(9-12-21)32-28(35)24-17-26(33-25-7-5-4-6-22(24)25)23-13-10-20(38-2)16-27(23)39-3/h4-17H,1-3H3,(H,32,35)(H,30,31,34). The number of nitrogens with one attached hydrogen (secondary N) is 2. The van der Waals surface area contributed by atoms with Crippen LogP contribution in [-0.4, -0.2) is 43.5 Å². The summed E-state index contributed by atoms with van der Waals surface area (Å²) in [5, 5.41) is 3.52. The predicted molar refractivity (Wildman–Crippen MR) is 152 cm³/mol. The summed E-state index contributed by atoms with van der Waals surface area (Å²) in [6.45, 7) is 1.74. The molecule has 0 bridgehead atoms. The van der Waals surface area contributed by atoms with Crippen LogP contribution in [0.15, 0.2) is 90.0 Å². The Morgan fingerprint density at radius 3 is 2.38 bits per heavy atom. The lowest BCUT2D eigenvalue weighted by atomic mass is 10.0. The van der Waals surface area contributed by atoms with Gasteiger partial charge in [-0.2, -0.15) is 0 Å². The molecule has 0 aliphatic heterocycles. The predicted octanol–water partition coefficient (Wildman–Crippen LogP) is 5.07. The second-order valence-corrected chi connectivity index (χ2v) is 10.4. The van der Waals surface area contributed by atoms with E-state index in [1.807, 2.05) is 30.3 Å². The number of ether oxygens (including phenoxy) is 2. The van der Waals surface area contributed by atoms with Gasteiger partial charge >= 0.3 is 0 Å². The van der Waals surface area contributed by atoms with Gasteiger partial charge in [0.1, 0.15) is 11.5 Å². The first-order chi connectivity index (χ1) is 19.3. The summed E-state index contributed by atoms with van der Waals surface area (Å²) >= 11 is 0. The van der Waals surface area contributed by atoms with Gasteiger partial charge in [0.15, 0.2) is 0 Å². The average Bonchev–Trinajstić information content (AvgIpc) is 2.96. The van der Waals surface area contributed by atoms with Crippen molar-refractivity contribution in [2.45, 2.75) is 11.8 Å². The van der Waals surface area contributed by atoms with Gasteiger partial charge in [-0.3, -0.25) is 4.79 Å². The molecule has 11 heteroatoms. The molecule has 5 rings (SSSR count). The molecule has 3 aromatic carbocycles. The van der Waals surface area contributed by atoms with Crippen molar-refractivity contribution in [1.29, 1.82) is 0 Å². The van der Waals surface area contributed by atoms with Crippen LogP contribution in [-0.2, 0) is 10.0 Å². The van der Waals surface area contributed by atoms with Crippen LogP contribution in [0.2, 0.25) is 0 Å². The second kappa shape index (κ2) is 11.0. The van der Waals surface area contributed by atoms with Crippen molar-refractivity contribution in [3.8, 4) is 22.8 Å². The Bertz CT molecular complexity index is 1830. The number of methoxy groups -OCH3 is 2. The number of aryl methyl sites for hydroxylation is 1. The minimum absolute atomic E-state index is 0.00106. The van der Waals surface area contributed by atoms with Gasteiger partial charge in [0.2, 0.25) is 5.95 Å². The number of pyridine rings is 1. The van der Waals surface area contributed by atoms with E-state index in [1.54, 1.807) is 45.4 Å². The van der Waals surface area contributed by atoms with Gasteiger partial charge in [0, 0.05) is 34.6 Å². The lowest BCUT2D eigenvalue weighted by Gasteiger charge is -2.14. The molecule has 0 saturated carbocycles. The number of aromatic nitrogens is 3. The molecule has 0 aliphatic rings. The third-order valence-electron chi connectivity index (χ3n) is 6.09. The molecule has 0 saturated heterocycles. The van der Waals surface area contributed by atoms with E-state index in [0.717, 1.165) is 0 Å². The fraction of sp³-hybridized carbons (Fsp3) is 0.103. The van der Waals surface area contributed by atoms with E-state index in [1.165, 1.54) is 30.5 Å². The van der Waals surface area contributed by atoms with E-state index in [9.17, 15) is 13.2 Å². The van der Waals surface area contributed by atoms with Crippen molar-refractivity contribution < 1.29 is 22.7 Å². The molecular weight excluding hydrogens is 530 g/mol. The van der Waals surface area contributed by atoms with E-state index >= 15 is 0 Å². The van der Waals surface area contributed by atoms with E-state index in [-0.39, 0.29) is 16.8 Å². The molecule has 0 spiro atoms. The Morgan fingerprint density at radius 1 is 0.875 bits per heavy atom. The molecule has 202 valence electrons. The van der Waals surface area contributed by atoms with Crippen molar-refractivity contribution in [2.75, 3.05) is 24.3 Å². The monoisotopic (exact) mass is 555 g/mol. The molecule has 2 N–H and O–H groups in total. The van der Waals surface area contributed by atoms with Gasteiger partial charge in [-0.1, -0.05) is 18.2 Å². The number of benzene rings is 3. The molecular formula is C29H25N5O5S. The number of anilines is 2. The lowest BCUT2D eigenvalue weighted by Crippen LogP contribution is -2.16. The Labute approximate surface area is 231 Å². The summed E-state index contributed by atoms with van der Waals surface area (Å²) in [4.78, 5) is 26.2. The van der Waals surface area contributed by atoms with Gasteiger partial charge in [0.05, 0.1) is 35.9 Å². The van der Waals surface area contributed by atoms with Crippen LogP contribution in [0.4, 0.5) is 11.6 Å². The zero-order valence-corrected chi connectivity index (χ0v) is 22.7. The van der Waals surface area contributed by atoms with Crippen LogP contribution in [0.1, 0.15) is 16.1 Å². The van der Waals surface area contributed by atoms with Crippen molar-refractivity contribution in [2.24, 2.45) is 0 Å². The highest BCUT2D eigenvalue weighted by molar-refractivity contribution is 7.92. The van der Waals surface area contributed by atoms with Gasteiger partial charge < -0.3 is 14.8 Å². The van der Waals surface area contributed by atoms with Crippen molar-refractivity contribution >= 4 is 38.5 Å². The quantitative estimate of drug-likeness (QED) is 0.271. The first kappa shape index (κ1) is 26.6. The molecule has 0 aliphatic carbocycles. The fourth-order valence-corrected chi connectivity index (χ4v) is 5.06. The number of carbonyl (C=O) groups excluding carboxylic acids is 1. The number of amides is 1. The van der Waals surface area contributed by atoms with Crippen molar-refractivity contribution in [3.05, 3.63) is 96.3 Å². The number of fused-ring (bicyclic) bond motifs is 1. The lowest BCUT2D eigenvalue weighted by molar-refractivity contribution is 0.102. The molecule has 2 aromatic heterocycles. The number of hydrogen-bond donors (Lipinski definition) is 2. The maximum Gasteiger partial charge on any atom is 0.264 e. The largest absolute Gasteiger partial charge is 0.497 e. The van der Waals surface area contributed by atoms with Crippen LogP contribution in [0.3, 0.4) is 0 Å². The van der Waals surface area contributed by atoms with Gasteiger partial charge in [-0.05, 0) is 61.5 Å². The third kappa shape index (κ3) is 5.54. The first-order valence-corrected chi connectivity index (χ1v) is 13.6. The summed E-state index contributed by atoms with van der Waals surface area (Å²) in [6, 6.07) is 21.9. The zero-order valence-electron chi connectivity index (χ0n) is 21.9. The molecule has 10 nitrogen and oxygen atoms in total. The maximum atomic E-state index is 13.5. The highest BCUT2D eigenvalue weighted by Gasteiger charge is 2.19. The van der Waals surface area contributed by atoms with Gasteiger partial charge in [0.25, 0.3) is 15.9 Å². The van der Waals surface area contributed by atoms with E-state index in [0.29, 0.717) is 50.6 Å². The molecule has 1 amide bonds. The number of nitrogens with zero attached hydrogens (tertiary/aromatic N) is 3. The topological polar surface area (TPSA) is 132 Å². The summed E-state index contributed by atoms with van der Waals surface area (Å²) < 4.78 is 38.8. The molecule has 2 heterocycles. The van der Waals surface area contributed by atoms with Gasteiger partial charge in [-0.25, -0.2) is 28.1 Å². The van der Waals surface area contributed by atoms with E-state index in [2.05, 4.69) is 20.0 Å². The minimum Gasteiger partial charge on any atom is -0.497 e. The number of rotatable bonds is 8. The highest BCUT2D eigenvalue weighted by Crippen LogP contribution is 2.34. The summed E-state index contributed by atoms with van der Waals surface area (Å²) in [5.41, 5.74) is 3.32. The van der Waals surface area contributed by atoms with Crippen molar-refractivity contribution in [3.63, 3.8) is 0 Å². The van der Waals surface area contributed by atoms with Crippen molar-refractivity contribution in [1.82, 2.24) is 15.0 Å². The Hall–Kier alpha value is -5.03. The van der Waals surface area contributed by atoms with E-state index < -0.39 is 10.0 Å². The number of para-hydroxylation sites is 1. The van der Waals surface area contributed by atoms with Gasteiger partial charge in [-0.15, -0.1) is 0 Å². The minimum atomic E-state index is -3.92. The number of sulfonamides is 1. The molecule has 0 radical (unpaired) electrons. The van der Waals surface area contributed by atoms with Crippen LogP contribution in [0.5, 0.6) is 11.5 Å². The average molecular weight is 556 g/mol. The fourth-order valence-electron chi connectivity index (χ4n) is 4.10. The second-order valence-electron chi connectivity index (χ2n) is 8.74. The molecule has 0 fully saturated rings. The highest BCUT2D eigenvalue weighted by atomic mass is 32.2. The summed E-state index contributed by atoms with van der Waals surface area (Å²) in [6.07, 6.45) is 1.47. The molecule has 0 atom stereocenters. The normalized spacial score (nSPS) is 11.2. The molecule has 5 aromatic rings. The Balaban J connectivity index is 1.44. The van der Waals surface area contributed by atoms with Crippen LogP contribution >= 0.6 is 0 Å². The first-order valence-electron chi connectivity index (χ1n) is 12.1. The number of hydrogen-bond acceptors (Lipinski definition) is 8. The van der Waals surface area contributed by atoms with E-state index in [4.69, 9.17) is 14.5 Å². The van der Waals surface area contributed by atoms with Crippen LogP contribution in [0.25, 0.3) is 22.2 Å². The SMILES string of the molecule is COc1ccc(-c2cc(C(=O)Nc3ccc(S(=O)(=O)Nc4nccc(C)n4)cc3)c3ccccc3n2)c(OC)c1.